The molecule has 2 heterocycles. The average molecular weight is 244 g/mol. The second-order valence-electron chi connectivity index (χ2n) is 3.46. The molecule has 0 aliphatic heterocycles. The minimum absolute atomic E-state index is 0.254. The van der Waals surface area contributed by atoms with E-state index < -0.39 is 0 Å². The number of hydrazine groups is 1. The molecule has 4 N–H and O–H groups in total. The summed E-state index contributed by atoms with van der Waals surface area (Å²) in [6.07, 6.45) is 4.58. The van der Waals surface area contributed by atoms with E-state index in [0.717, 1.165) is 0 Å². The fourth-order valence-electron chi connectivity index (χ4n) is 1.40. The summed E-state index contributed by atoms with van der Waals surface area (Å²) < 4.78 is 0. The van der Waals surface area contributed by atoms with Crippen LogP contribution in [0.2, 0.25) is 0 Å². The number of nitrogens with zero attached hydrogens (tertiary/aromatic N) is 3. The summed E-state index contributed by atoms with van der Waals surface area (Å²) in [5.41, 5.74) is 4.00. The van der Waals surface area contributed by atoms with Gasteiger partial charge in [0.25, 0.3) is 5.91 Å². The van der Waals surface area contributed by atoms with Crippen LogP contribution in [0.3, 0.4) is 0 Å². The molecule has 7 nitrogen and oxygen atoms in total. The van der Waals surface area contributed by atoms with Gasteiger partial charge in [0.2, 0.25) is 0 Å². The van der Waals surface area contributed by atoms with Gasteiger partial charge in [-0.25, -0.2) is 0 Å². The molecule has 0 fully saturated rings. The van der Waals surface area contributed by atoms with Gasteiger partial charge in [-0.05, 0) is 18.2 Å². The molecule has 0 spiro atoms. The van der Waals surface area contributed by atoms with E-state index in [9.17, 15) is 4.79 Å². The first-order chi connectivity index (χ1) is 8.81. The van der Waals surface area contributed by atoms with Crippen LogP contribution in [0.1, 0.15) is 16.1 Å². The molecule has 0 saturated carbocycles. The van der Waals surface area contributed by atoms with Crippen LogP contribution in [0.5, 0.6) is 0 Å². The van der Waals surface area contributed by atoms with Crippen LogP contribution < -0.4 is 16.6 Å². The zero-order valence-electron chi connectivity index (χ0n) is 9.50. The third-order valence-corrected chi connectivity index (χ3v) is 2.28. The molecule has 0 aromatic carbocycles. The maximum absolute atomic E-state index is 11.9. The van der Waals surface area contributed by atoms with E-state index in [1.807, 2.05) is 0 Å². The van der Waals surface area contributed by atoms with E-state index in [1.54, 1.807) is 24.4 Å². The molecule has 0 aliphatic rings. The number of nitrogens with one attached hydrogen (secondary N) is 2. The Bertz CT molecular complexity index is 530. The van der Waals surface area contributed by atoms with Crippen molar-refractivity contribution in [3.63, 3.8) is 0 Å². The molecule has 2 aromatic rings. The van der Waals surface area contributed by atoms with Crippen molar-refractivity contribution in [3.05, 3.63) is 48.0 Å². The van der Waals surface area contributed by atoms with Gasteiger partial charge in [0.15, 0.2) is 0 Å². The Morgan fingerprint density at radius 3 is 2.94 bits per heavy atom. The summed E-state index contributed by atoms with van der Waals surface area (Å²) in [6, 6.07) is 5.12. The molecule has 0 saturated heterocycles. The summed E-state index contributed by atoms with van der Waals surface area (Å²) in [6.45, 7) is 0.305. The topological polar surface area (TPSA) is 106 Å². The Morgan fingerprint density at radius 2 is 2.22 bits per heavy atom. The number of carbonyl (C=O) groups excluding carboxylic acids is 1. The maximum atomic E-state index is 11.9. The molecule has 0 atom stereocenters. The summed E-state index contributed by atoms with van der Waals surface area (Å²) in [5.74, 6) is 5.05. The van der Waals surface area contributed by atoms with Crippen LogP contribution >= 0.6 is 0 Å². The molecular weight excluding hydrogens is 232 g/mol. The molecule has 0 radical (unpaired) electrons. The Labute approximate surface area is 103 Å². The van der Waals surface area contributed by atoms with Gasteiger partial charge in [0, 0.05) is 12.4 Å². The molecule has 2 rings (SSSR count). The Hall–Kier alpha value is -2.54. The van der Waals surface area contributed by atoms with E-state index in [-0.39, 0.29) is 5.91 Å². The first kappa shape index (κ1) is 11.9. The monoisotopic (exact) mass is 244 g/mol. The summed E-state index contributed by atoms with van der Waals surface area (Å²) in [5, 5.41) is 10.3. The third-order valence-electron chi connectivity index (χ3n) is 2.28. The van der Waals surface area contributed by atoms with Gasteiger partial charge in [0.05, 0.1) is 29.7 Å². The van der Waals surface area contributed by atoms with Crippen molar-refractivity contribution in [2.24, 2.45) is 5.84 Å². The molecule has 1 amide bonds. The fraction of sp³-hybridized carbons (Fsp3) is 0.0909. The number of amides is 1. The predicted molar refractivity (Wildman–Crippen MR) is 65.2 cm³/mol. The van der Waals surface area contributed by atoms with Crippen LogP contribution in [-0.4, -0.2) is 21.1 Å². The highest BCUT2D eigenvalue weighted by Gasteiger charge is 2.10. The van der Waals surface area contributed by atoms with Gasteiger partial charge in [-0.15, -0.1) is 0 Å². The molecule has 2 aromatic heterocycles. The lowest BCUT2D eigenvalue weighted by molar-refractivity contribution is 0.0951. The van der Waals surface area contributed by atoms with Crippen LogP contribution in [0, 0.1) is 0 Å². The SMILES string of the molecule is NNc1cnccc1C(=O)NCc1cccnn1. The predicted octanol–water partition coefficient (Wildman–Crippen LogP) is 0.0872. The van der Waals surface area contributed by atoms with Gasteiger partial charge in [0.1, 0.15) is 0 Å². The number of nitrogens with two attached hydrogens (primary N) is 1. The number of pyridine rings is 1. The lowest BCUT2D eigenvalue weighted by Crippen LogP contribution is -2.25. The maximum Gasteiger partial charge on any atom is 0.253 e. The molecule has 0 bridgehead atoms. The summed E-state index contributed by atoms with van der Waals surface area (Å²) in [4.78, 5) is 15.8. The largest absolute Gasteiger partial charge is 0.346 e. The van der Waals surface area contributed by atoms with Gasteiger partial charge in [-0.3, -0.25) is 15.6 Å². The fourth-order valence-corrected chi connectivity index (χ4v) is 1.40. The lowest BCUT2D eigenvalue weighted by Gasteiger charge is -2.08. The minimum atomic E-state index is -0.254. The highest BCUT2D eigenvalue weighted by molar-refractivity contribution is 5.99. The normalized spacial score (nSPS) is 9.83. The number of carbonyl (C=O) groups is 1. The lowest BCUT2D eigenvalue weighted by atomic mass is 10.2. The first-order valence-corrected chi connectivity index (χ1v) is 5.26. The number of aromatic nitrogens is 3. The number of hydrogen-bond acceptors (Lipinski definition) is 6. The molecule has 0 unspecified atom stereocenters. The molecule has 7 heteroatoms. The van der Waals surface area contributed by atoms with Crippen LogP contribution in [0.15, 0.2) is 36.8 Å². The van der Waals surface area contributed by atoms with Crippen molar-refractivity contribution < 1.29 is 4.79 Å². The molecule has 18 heavy (non-hydrogen) atoms. The van der Waals surface area contributed by atoms with Crippen molar-refractivity contribution >= 4 is 11.6 Å². The van der Waals surface area contributed by atoms with Crippen molar-refractivity contribution in [2.45, 2.75) is 6.54 Å². The van der Waals surface area contributed by atoms with Gasteiger partial charge in [-0.1, -0.05) is 0 Å². The Kier molecular flexibility index (Phi) is 3.77. The zero-order chi connectivity index (χ0) is 12.8. The summed E-state index contributed by atoms with van der Waals surface area (Å²) in [7, 11) is 0. The van der Waals surface area contributed by atoms with E-state index in [1.165, 1.54) is 12.4 Å². The Morgan fingerprint density at radius 1 is 1.33 bits per heavy atom. The van der Waals surface area contributed by atoms with E-state index in [2.05, 4.69) is 25.9 Å². The average Bonchev–Trinajstić information content (AvgIpc) is 2.45. The second kappa shape index (κ2) is 5.69. The highest BCUT2D eigenvalue weighted by atomic mass is 16.1. The Balaban J connectivity index is 2.04. The number of anilines is 1. The van der Waals surface area contributed by atoms with Crippen LogP contribution in [0.25, 0.3) is 0 Å². The van der Waals surface area contributed by atoms with E-state index in [4.69, 9.17) is 5.84 Å². The highest BCUT2D eigenvalue weighted by Crippen LogP contribution is 2.11. The van der Waals surface area contributed by atoms with Crippen molar-refractivity contribution in [1.82, 2.24) is 20.5 Å². The molecule has 0 aliphatic carbocycles. The summed E-state index contributed by atoms with van der Waals surface area (Å²) >= 11 is 0. The van der Waals surface area contributed by atoms with Gasteiger partial charge in [-0.2, -0.15) is 10.2 Å². The van der Waals surface area contributed by atoms with Crippen molar-refractivity contribution in [3.8, 4) is 0 Å². The molecule has 92 valence electrons. The zero-order valence-corrected chi connectivity index (χ0v) is 9.50. The van der Waals surface area contributed by atoms with Gasteiger partial charge < -0.3 is 10.7 Å². The first-order valence-electron chi connectivity index (χ1n) is 5.26. The molecular formula is C11H12N6O. The van der Waals surface area contributed by atoms with Crippen LogP contribution in [0.4, 0.5) is 5.69 Å². The van der Waals surface area contributed by atoms with Crippen LogP contribution in [-0.2, 0) is 6.54 Å². The van der Waals surface area contributed by atoms with E-state index in [0.29, 0.717) is 23.5 Å². The van der Waals surface area contributed by atoms with E-state index >= 15 is 0 Å². The quantitative estimate of drug-likeness (QED) is 0.520. The van der Waals surface area contributed by atoms with Crippen molar-refractivity contribution in [1.29, 1.82) is 0 Å². The van der Waals surface area contributed by atoms with Crippen molar-refractivity contribution in [2.75, 3.05) is 5.43 Å². The number of rotatable bonds is 4. The standard InChI is InChI=1S/C11H12N6O/c12-16-10-7-13-5-3-9(10)11(18)14-6-8-2-1-4-15-17-8/h1-5,7,16H,6,12H2,(H,14,18). The third kappa shape index (κ3) is 2.77. The number of hydrogen-bond donors (Lipinski definition) is 3. The second-order valence-corrected chi connectivity index (χ2v) is 3.46. The minimum Gasteiger partial charge on any atom is -0.346 e. The van der Waals surface area contributed by atoms with Gasteiger partial charge >= 0.3 is 0 Å². The number of nitrogen functional groups attached to an aromatic ring is 1. The smallest absolute Gasteiger partial charge is 0.253 e.